The van der Waals surface area contributed by atoms with Crippen molar-refractivity contribution < 1.29 is 17.9 Å². The third-order valence-corrected chi connectivity index (χ3v) is 2.12. The maximum absolute atomic E-state index is 13.3. The third kappa shape index (κ3) is 2.61. The molecule has 0 spiro atoms. The normalized spacial score (nSPS) is 9.89. The van der Waals surface area contributed by atoms with Crippen LogP contribution in [-0.4, -0.2) is 0 Å². The van der Waals surface area contributed by atoms with E-state index in [0.29, 0.717) is 6.07 Å². The molecule has 0 aliphatic rings. The van der Waals surface area contributed by atoms with Gasteiger partial charge in [-0.25, -0.2) is 13.2 Å². The summed E-state index contributed by atoms with van der Waals surface area (Å²) in [6, 6.07) is 7.78. The van der Waals surface area contributed by atoms with Gasteiger partial charge in [0.25, 0.3) is 0 Å². The van der Waals surface area contributed by atoms with E-state index in [1.54, 1.807) is 6.07 Å². The van der Waals surface area contributed by atoms with E-state index in [1.807, 2.05) is 0 Å². The maximum Gasteiger partial charge on any atom is 0.168 e. The predicted molar refractivity (Wildman–Crippen MR) is 57.5 cm³/mol. The molecule has 0 saturated heterocycles. The molecule has 18 heavy (non-hydrogen) atoms. The Kier molecular flexibility index (Phi) is 3.20. The smallest absolute Gasteiger partial charge is 0.168 e. The van der Waals surface area contributed by atoms with Crippen LogP contribution in [0.3, 0.4) is 0 Å². The first-order chi connectivity index (χ1) is 8.58. The highest BCUT2D eigenvalue weighted by Gasteiger charge is 2.08. The van der Waals surface area contributed by atoms with Crippen molar-refractivity contribution in [3.63, 3.8) is 0 Å². The lowest BCUT2D eigenvalue weighted by molar-refractivity contribution is 0.434. The zero-order valence-corrected chi connectivity index (χ0v) is 8.95. The minimum Gasteiger partial charge on any atom is -0.454 e. The predicted octanol–water partition coefficient (Wildman–Crippen LogP) is 3.77. The molecule has 0 atom stereocenters. The summed E-state index contributed by atoms with van der Waals surface area (Å²) >= 11 is 0. The Morgan fingerprint density at radius 3 is 2.39 bits per heavy atom. The number of hydrogen-bond acceptors (Lipinski definition) is 2. The van der Waals surface area contributed by atoms with Crippen LogP contribution >= 0.6 is 0 Å². The summed E-state index contributed by atoms with van der Waals surface area (Å²) in [4.78, 5) is 0. The fourth-order valence-corrected chi connectivity index (χ4v) is 1.37. The van der Waals surface area contributed by atoms with Crippen LogP contribution < -0.4 is 4.74 Å². The van der Waals surface area contributed by atoms with Gasteiger partial charge in [0.1, 0.15) is 17.4 Å². The number of benzene rings is 2. The molecule has 2 nitrogen and oxygen atoms in total. The summed E-state index contributed by atoms with van der Waals surface area (Å²) < 4.78 is 44.1. The van der Waals surface area contributed by atoms with E-state index in [1.165, 1.54) is 6.07 Å². The second kappa shape index (κ2) is 4.80. The summed E-state index contributed by atoms with van der Waals surface area (Å²) in [6.45, 7) is 0. The number of nitriles is 1. The van der Waals surface area contributed by atoms with Crippen LogP contribution in [0.2, 0.25) is 0 Å². The van der Waals surface area contributed by atoms with Crippen molar-refractivity contribution in [3.05, 3.63) is 59.4 Å². The molecule has 0 saturated carbocycles. The monoisotopic (exact) mass is 249 g/mol. The average Bonchev–Trinajstić information content (AvgIpc) is 2.32. The van der Waals surface area contributed by atoms with Gasteiger partial charge in [0.2, 0.25) is 0 Å². The van der Waals surface area contributed by atoms with Crippen molar-refractivity contribution in [2.75, 3.05) is 0 Å². The van der Waals surface area contributed by atoms with Gasteiger partial charge in [-0.05, 0) is 24.3 Å². The third-order valence-electron chi connectivity index (χ3n) is 2.12. The molecule has 2 aromatic rings. The summed E-state index contributed by atoms with van der Waals surface area (Å²) in [5.74, 6) is -2.59. The minimum absolute atomic E-state index is 0.0305. The quantitative estimate of drug-likeness (QED) is 0.811. The number of nitrogens with zero attached hydrogens (tertiary/aromatic N) is 1. The van der Waals surface area contributed by atoms with E-state index < -0.39 is 17.5 Å². The molecule has 0 heterocycles. The van der Waals surface area contributed by atoms with Crippen molar-refractivity contribution in [2.24, 2.45) is 0 Å². The first kappa shape index (κ1) is 12.0. The average molecular weight is 249 g/mol. The fourth-order valence-electron chi connectivity index (χ4n) is 1.37. The zero-order chi connectivity index (χ0) is 13.1. The molecule has 0 bridgehead atoms. The van der Waals surface area contributed by atoms with Gasteiger partial charge >= 0.3 is 0 Å². The van der Waals surface area contributed by atoms with Crippen molar-refractivity contribution in [2.45, 2.75) is 0 Å². The highest BCUT2D eigenvalue weighted by atomic mass is 19.1. The topological polar surface area (TPSA) is 33.0 Å². The number of halogens is 3. The summed E-state index contributed by atoms with van der Waals surface area (Å²) in [6.07, 6.45) is 0. The van der Waals surface area contributed by atoms with Crippen LogP contribution in [0, 0.1) is 28.8 Å². The van der Waals surface area contributed by atoms with Gasteiger partial charge in [-0.3, -0.25) is 0 Å². The van der Waals surface area contributed by atoms with Crippen molar-refractivity contribution in [1.29, 1.82) is 5.26 Å². The Morgan fingerprint density at radius 2 is 1.72 bits per heavy atom. The first-order valence-electron chi connectivity index (χ1n) is 4.92. The Labute approximate surface area is 101 Å². The molecule has 0 N–H and O–H groups in total. The van der Waals surface area contributed by atoms with Gasteiger partial charge in [0.05, 0.1) is 11.6 Å². The maximum atomic E-state index is 13.3. The van der Waals surface area contributed by atoms with E-state index in [2.05, 4.69) is 0 Å². The van der Waals surface area contributed by atoms with Crippen molar-refractivity contribution in [1.82, 2.24) is 0 Å². The van der Waals surface area contributed by atoms with Crippen molar-refractivity contribution in [3.8, 4) is 17.6 Å². The Morgan fingerprint density at radius 1 is 0.944 bits per heavy atom. The molecule has 0 aliphatic carbocycles. The number of ether oxygens (including phenoxy) is 1. The van der Waals surface area contributed by atoms with E-state index in [4.69, 9.17) is 10.00 Å². The minimum atomic E-state index is -0.905. The molecule has 0 amide bonds. The SMILES string of the molecule is N#Cc1cc(F)cc(Oc2ccc(F)cc2F)c1. The lowest BCUT2D eigenvalue weighted by atomic mass is 10.2. The first-order valence-corrected chi connectivity index (χ1v) is 4.92. The van der Waals surface area contributed by atoms with Gasteiger partial charge in [0.15, 0.2) is 11.6 Å². The standard InChI is InChI=1S/C13H6F3NO/c14-9-1-2-13(12(16)6-9)18-11-4-8(7-17)3-10(15)5-11/h1-6H. The molecule has 90 valence electrons. The van der Waals surface area contributed by atoms with Gasteiger partial charge in [-0.15, -0.1) is 0 Å². The number of rotatable bonds is 2. The molecule has 5 heteroatoms. The van der Waals surface area contributed by atoms with Gasteiger partial charge in [0, 0.05) is 12.1 Å². The summed E-state index contributed by atoms with van der Waals surface area (Å²) in [5, 5.41) is 8.65. The second-order valence-corrected chi connectivity index (χ2v) is 3.46. The Bertz CT molecular complexity index is 635. The molecule has 0 fully saturated rings. The van der Waals surface area contributed by atoms with Crippen LogP contribution in [0.25, 0.3) is 0 Å². The van der Waals surface area contributed by atoms with E-state index in [0.717, 1.165) is 24.3 Å². The lowest BCUT2D eigenvalue weighted by Crippen LogP contribution is -1.91. The van der Waals surface area contributed by atoms with Gasteiger partial charge in [-0.2, -0.15) is 5.26 Å². The lowest BCUT2D eigenvalue weighted by Gasteiger charge is -2.07. The van der Waals surface area contributed by atoms with E-state index in [9.17, 15) is 13.2 Å². The van der Waals surface area contributed by atoms with Crippen LogP contribution in [0.5, 0.6) is 11.5 Å². The highest BCUT2D eigenvalue weighted by molar-refractivity contribution is 5.39. The molecule has 0 aliphatic heterocycles. The molecular formula is C13H6F3NO. The van der Waals surface area contributed by atoms with E-state index >= 15 is 0 Å². The van der Waals surface area contributed by atoms with Crippen LogP contribution in [0.15, 0.2) is 36.4 Å². The van der Waals surface area contributed by atoms with E-state index in [-0.39, 0.29) is 17.1 Å². The zero-order valence-electron chi connectivity index (χ0n) is 8.95. The fraction of sp³-hybridized carbons (Fsp3) is 0. The largest absolute Gasteiger partial charge is 0.454 e. The number of hydrogen-bond donors (Lipinski definition) is 0. The molecule has 2 aromatic carbocycles. The summed E-state index contributed by atoms with van der Waals surface area (Å²) in [5.41, 5.74) is 0.0486. The Balaban J connectivity index is 2.34. The highest BCUT2D eigenvalue weighted by Crippen LogP contribution is 2.26. The molecule has 2 rings (SSSR count). The molecule has 0 radical (unpaired) electrons. The molecule has 0 unspecified atom stereocenters. The van der Waals surface area contributed by atoms with Gasteiger partial charge in [-0.1, -0.05) is 0 Å². The van der Waals surface area contributed by atoms with Crippen LogP contribution in [-0.2, 0) is 0 Å². The van der Waals surface area contributed by atoms with Gasteiger partial charge < -0.3 is 4.74 Å². The summed E-state index contributed by atoms with van der Waals surface area (Å²) in [7, 11) is 0. The second-order valence-electron chi connectivity index (χ2n) is 3.46. The molecular weight excluding hydrogens is 243 g/mol. The van der Waals surface area contributed by atoms with Crippen LogP contribution in [0.4, 0.5) is 13.2 Å². The Hall–Kier alpha value is -2.48. The van der Waals surface area contributed by atoms with Crippen LogP contribution in [0.1, 0.15) is 5.56 Å². The van der Waals surface area contributed by atoms with Crippen molar-refractivity contribution >= 4 is 0 Å². The molecule has 0 aromatic heterocycles.